The minimum Gasteiger partial charge on any atom is -0.512 e. The number of aliphatic hydroxyl groups excluding tert-OH is 1. The molecule has 0 saturated carbocycles. The van der Waals surface area contributed by atoms with Crippen molar-refractivity contribution < 1.29 is 14.7 Å². The standard InChI is InChI=1S/C27H30O3/c1-16-12-13-27(3,4)22-14-17(2)21(15-20(16)22)26(30)19-10-8-18(9-11-19)25-23(28)6-5-7-24(25)29/h8-11,14-16,28H,5-7,12-13H2,1-4H3. The Labute approximate surface area is 178 Å². The molecule has 1 N–H and O–H groups in total. The SMILES string of the molecule is Cc1cc2c(cc1C(=O)c1ccc(C3=C(O)CCCC3=O)cc1)C(C)CCC2(C)C. The fourth-order valence-electron chi connectivity index (χ4n) is 4.93. The van der Waals surface area contributed by atoms with Crippen molar-refractivity contribution in [2.24, 2.45) is 0 Å². The number of rotatable bonds is 3. The summed E-state index contributed by atoms with van der Waals surface area (Å²) >= 11 is 0. The van der Waals surface area contributed by atoms with Gasteiger partial charge >= 0.3 is 0 Å². The summed E-state index contributed by atoms with van der Waals surface area (Å²) in [6.45, 7) is 8.83. The molecule has 1 unspecified atom stereocenters. The van der Waals surface area contributed by atoms with E-state index in [1.54, 1.807) is 24.3 Å². The van der Waals surface area contributed by atoms with Gasteiger partial charge in [0.2, 0.25) is 0 Å². The van der Waals surface area contributed by atoms with Crippen LogP contribution in [-0.2, 0) is 10.2 Å². The van der Waals surface area contributed by atoms with E-state index in [2.05, 4.69) is 32.9 Å². The highest BCUT2D eigenvalue weighted by molar-refractivity contribution is 6.22. The van der Waals surface area contributed by atoms with E-state index in [1.807, 2.05) is 6.92 Å². The molecule has 1 atom stereocenters. The highest BCUT2D eigenvalue weighted by Crippen LogP contribution is 2.43. The van der Waals surface area contributed by atoms with Crippen LogP contribution in [0.15, 0.2) is 42.2 Å². The second kappa shape index (κ2) is 7.54. The molecule has 3 heteroatoms. The molecule has 0 spiro atoms. The maximum absolute atomic E-state index is 13.3. The minimum atomic E-state index is -0.0278. The van der Waals surface area contributed by atoms with E-state index in [9.17, 15) is 14.7 Å². The molecule has 2 aromatic carbocycles. The molecule has 3 nitrogen and oxygen atoms in total. The van der Waals surface area contributed by atoms with E-state index in [1.165, 1.54) is 11.1 Å². The van der Waals surface area contributed by atoms with Gasteiger partial charge in [-0.15, -0.1) is 0 Å². The first-order valence-electron chi connectivity index (χ1n) is 10.9. The van der Waals surface area contributed by atoms with Gasteiger partial charge in [0.25, 0.3) is 0 Å². The van der Waals surface area contributed by atoms with Crippen LogP contribution in [0.2, 0.25) is 0 Å². The third-order valence-electron chi connectivity index (χ3n) is 6.92. The molecular weight excluding hydrogens is 372 g/mol. The van der Waals surface area contributed by atoms with Crippen LogP contribution in [0.4, 0.5) is 0 Å². The predicted octanol–water partition coefficient (Wildman–Crippen LogP) is 6.42. The van der Waals surface area contributed by atoms with Gasteiger partial charge in [-0.3, -0.25) is 9.59 Å². The molecule has 30 heavy (non-hydrogen) atoms. The lowest BCUT2D eigenvalue weighted by molar-refractivity contribution is -0.114. The van der Waals surface area contributed by atoms with Crippen LogP contribution in [0.1, 0.15) is 97.0 Å². The molecule has 0 radical (unpaired) electrons. The Morgan fingerprint density at radius 2 is 1.80 bits per heavy atom. The predicted molar refractivity (Wildman–Crippen MR) is 120 cm³/mol. The molecule has 2 aromatic rings. The average Bonchev–Trinajstić information content (AvgIpc) is 2.71. The number of hydrogen-bond acceptors (Lipinski definition) is 3. The first-order valence-corrected chi connectivity index (χ1v) is 10.9. The van der Waals surface area contributed by atoms with Crippen LogP contribution >= 0.6 is 0 Å². The molecule has 2 aliphatic rings. The average molecular weight is 403 g/mol. The minimum absolute atomic E-state index is 0.00519. The zero-order valence-corrected chi connectivity index (χ0v) is 18.3. The van der Waals surface area contributed by atoms with Gasteiger partial charge in [0, 0.05) is 24.0 Å². The summed E-state index contributed by atoms with van der Waals surface area (Å²) in [7, 11) is 0. The summed E-state index contributed by atoms with van der Waals surface area (Å²) in [5, 5.41) is 10.2. The third-order valence-corrected chi connectivity index (χ3v) is 6.92. The van der Waals surface area contributed by atoms with Gasteiger partial charge in [-0.05, 0) is 65.8 Å². The maximum Gasteiger partial charge on any atom is 0.193 e. The van der Waals surface area contributed by atoms with Gasteiger partial charge < -0.3 is 5.11 Å². The Morgan fingerprint density at radius 3 is 2.47 bits per heavy atom. The zero-order valence-electron chi connectivity index (χ0n) is 18.3. The van der Waals surface area contributed by atoms with E-state index >= 15 is 0 Å². The van der Waals surface area contributed by atoms with Crippen molar-refractivity contribution in [3.05, 3.63) is 75.5 Å². The van der Waals surface area contributed by atoms with E-state index < -0.39 is 0 Å². The Balaban J connectivity index is 1.69. The number of fused-ring (bicyclic) bond motifs is 1. The Hall–Kier alpha value is -2.68. The smallest absolute Gasteiger partial charge is 0.193 e. The molecule has 0 heterocycles. The highest BCUT2D eigenvalue weighted by atomic mass is 16.3. The third kappa shape index (κ3) is 3.51. The van der Waals surface area contributed by atoms with Crippen LogP contribution < -0.4 is 0 Å². The number of benzene rings is 2. The highest BCUT2D eigenvalue weighted by Gasteiger charge is 2.32. The zero-order chi connectivity index (χ0) is 21.6. The Morgan fingerprint density at radius 1 is 1.10 bits per heavy atom. The van der Waals surface area contributed by atoms with E-state index in [0.717, 1.165) is 24.0 Å². The Kier molecular flexibility index (Phi) is 5.17. The second-order valence-corrected chi connectivity index (χ2v) is 9.58. The first kappa shape index (κ1) is 20.6. The largest absolute Gasteiger partial charge is 0.512 e. The summed E-state index contributed by atoms with van der Waals surface area (Å²) in [5.41, 5.74) is 6.25. The molecule has 0 saturated heterocycles. The number of ketones is 2. The molecule has 0 amide bonds. The molecule has 0 aliphatic heterocycles. The van der Waals surface area contributed by atoms with Crippen molar-refractivity contribution in [2.75, 3.05) is 0 Å². The quantitative estimate of drug-likeness (QED) is 0.603. The number of allylic oxidation sites excluding steroid dienone is 2. The van der Waals surface area contributed by atoms with Gasteiger partial charge in [-0.1, -0.05) is 51.1 Å². The first-order chi connectivity index (χ1) is 14.2. The fraction of sp³-hybridized carbons (Fsp3) is 0.407. The van der Waals surface area contributed by atoms with Gasteiger partial charge in [0.15, 0.2) is 11.6 Å². The van der Waals surface area contributed by atoms with Crippen molar-refractivity contribution in [1.82, 2.24) is 0 Å². The van der Waals surface area contributed by atoms with Crippen LogP contribution in [0.3, 0.4) is 0 Å². The van der Waals surface area contributed by atoms with E-state index in [0.29, 0.717) is 41.9 Å². The van der Waals surface area contributed by atoms with E-state index in [-0.39, 0.29) is 22.7 Å². The molecule has 2 aliphatic carbocycles. The van der Waals surface area contributed by atoms with Crippen molar-refractivity contribution in [2.45, 2.75) is 71.1 Å². The van der Waals surface area contributed by atoms with Gasteiger partial charge in [0.05, 0.1) is 5.57 Å². The van der Waals surface area contributed by atoms with Crippen molar-refractivity contribution >= 4 is 17.1 Å². The number of Topliss-reactive ketones (excluding diaryl/α,β-unsaturated/α-hetero) is 1. The summed E-state index contributed by atoms with van der Waals surface area (Å²) < 4.78 is 0. The monoisotopic (exact) mass is 402 g/mol. The maximum atomic E-state index is 13.3. The van der Waals surface area contributed by atoms with Gasteiger partial charge in [0.1, 0.15) is 5.76 Å². The lowest BCUT2D eigenvalue weighted by atomic mass is 9.68. The fourth-order valence-corrected chi connectivity index (χ4v) is 4.93. The number of carbonyl (C=O) groups excluding carboxylic acids is 2. The van der Waals surface area contributed by atoms with Crippen LogP contribution in [0.5, 0.6) is 0 Å². The molecular formula is C27H30O3. The van der Waals surface area contributed by atoms with Gasteiger partial charge in [-0.25, -0.2) is 0 Å². The number of aliphatic hydroxyl groups is 1. The number of hydrogen-bond donors (Lipinski definition) is 1. The van der Waals surface area contributed by atoms with Crippen molar-refractivity contribution in [3.8, 4) is 0 Å². The van der Waals surface area contributed by atoms with Crippen LogP contribution in [-0.4, -0.2) is 16.7 Å². The molecule has 156 valence electrons. The van der Waals surface area contributed by atoms with E-state index in [4.69, 9.17) is 0 Å². The summed E-state index contributed by atoms with van der Waals surface area (Å²) in [4.78, 5) is 25.5. The Bertz CT molecular complexity index is 1050. The van der Waals surface area contributed by atoms with Gasteiger partial charge in [-0.2, -0.15) is 0 Å². The summed E-state index contributed by atoms with van der Waals surface area (Å²) in [5.74, 6) is 0.591. The molecule has 0 fully saturated rings. The lowest BCUT2D eigenvalue weighted by Gasteiger charge is -2.36. The lowest BCUT2D eigenvalue weighted by Crippen LogP contribution is -2.26. The summed E-state index contributed by atoms with van der Waals surface area (Å²) in [6.07, 6.45) is 3.99. The second-order valence-electron chi connectivity index (χ2n) is 9.58. The normalized spacial score (nSPS) is 20.8. The number of aryl methyl sites for hydroxylation is 1. The van der Waals surface area contributed by atoms with Crippen LogP contribution in [0.25, 0.3) is 5.57 Å². The van der Waals surface area contributed by atoms with Crippen molar-refractivity contribution in [3.63, 3.8) is 0 Å². The van der Waals surface area contributed by atoms with Crippen molar-refractivity contribution in [1.29, 1.82) is 0 Å². The molecule has 0 bridgehead atoms. The molecule has 0 aromatic heterocycles. The van der Waals surface area contributed by atoms with Crippen LogP contribution in [0, 0.1) is 6.92 Å². The topological polar surface area (TPSA) is 54.4 Å². The summed E-state index contributed by atoms with van der Waals surface area (Å²) in [6, 6.07) is 11.4. The molecule has 4 rings (SSSR count). The number of carbonyl (C=O) groups is 2.